The Bertz CT molecular complexity index is 937. The molecule has 0 saturated carbocycles. The van der Waals surface area contributed by atoms with Gasteiger partial charge < -0.3 is 14.5 Å². The van der Waals surface area contributed by atoms with E-state index in [0.29, 0.717) is 37.7 Å². The Morgan fingerprint density at radius 1 is 0.963 bits per heavy atom. The molecule has 0 aromatic heterocycles. The van der Waals surface area contributed by atoms with Crippen molar-refractivity contribution in [1.29, 1.82) is 0 Å². The van der Waals surface area contributed by atoms with Gasteiger partial charge in [0.2, 0.25) is 10.0 Å². The number of fused-ring (bicyclic) bond motifs is 1. The van der Waals surface area contributed by atoms with Gasteiger partial charge in [0, 0.05) is 38.9 Å². The average molecular weight is 388 g/mol. The van der Waals surface area contributed by atoms with Crippen LogP contribution < -0.4 is 14.5 Å². The molecule has 2 aliphatic heterocycles. The van der Waals surface area contributed by atoms with Crippen LogP contribution in [0.15, 0.2) is 47.4 Å². The summed E-state index contributed by atoms with van der Waals surface area (Å²) in [6.07, 6.45) is 0. The van der Waals surface area contributed by atoms with Gasteiger partial charge in [-0.05, 0) is 42.8 Å². The lowest BCUT2D eigenvalue weighted by molar-refractivity contribution is 0.311. The second-order valence-electron chi connectivity index (χ2n) is 7.13. The van der Waals surface area contributed by atoms with E-state index >= 15 is 0 Å². The summed E-state index contributed by atoms with van der Waals surface area (Å²) in [6, 6.07) is 13.5. The molecule has 0 bridgehead atoms. The highest BCUT2D eigenvalue weighted by molar-refractivity contribution is 7.89. The standard InChI is InChI=1S/C20H25N3O3S/c1-16-4-3-5-17(14-16)22-8-10-23(11-9-22)27(24,25)18-6-7-20-19(15-18)21(2)12-13-26-20/h3-7,14-15H,8-13H2,1-2H3. The number of ether oxygens (including phenoxy) is 1. The van der Waals surface area contributed by atoms with Crippen molar-refractivity contribution in [1.82, 2.24) is 4.31 Å². The van der Waals surface area contributed by atoms with Gasteiger partial charge in [-0.1, -0.05) is 12.1 Å². The Balaban J connectivity index is 1.51. The fourth-order valence-corrected chi connectivity index (χ4v) is 5.09. The molecule has 0 radical (unpaired) electrons. The maximum atomic E-state index is 13.1. The van der Waals surface area contributed by atoms with E-state index in [1.54, 1.807) is 22.5 Å². The van der Waals surface area contributed by atoms with E-state index in [1.165, 1.54) is 5.56 Å². The van der Waals surface area contributed by atoms with Crippen molar-refractivity contribution in [2.45, 2.75) is 11.8 Å². The number of aryl methyl sites for hydroxylation is 1. The number of anilines is 2. The monoisotopic (exact) mass is 387 g/mol. The van der Waals surface area contributed by atoms with Crippen LogP contribution in [0.2, 0.25) is 0 Å². The third kappa shape index (κ3) is 3.49. The van der Waals surface area contributed by atoms with E-state index in [4.69, 9.17) is 4.74 Å². The summed E-state index contributed by atoms with van der Waals surface area (Å²) in [5.74, 6) is 0.743. The summed E-state index contributed by atoms with van der Waals surface area (Å²) < 4.78 is 33.5. The Hall–Kier alpha value is -2.25. The average Bonchev–Trinajstić information content (AvgIpc) is 2.68. The number of likely N-dealkylation sites (N-methyl/N-ethyl adjacent to an activating group) is 1. The lowest BCUT2D eigenvalue weighted by Gasteiger charge is -2.36. The van der Waals surface area contributed by atoms with E-state index in [0.717, 1.165) is 23.7 Å². The number of piperazine rings is 1. The molecule has 1 fully saturated rings. The molecule has 0 aliphatic carbocycles. The van der Waals surface area contributed by atoms with Crippen LogP contribution in [0.1, 0.15) is 5.56 Å². The van der Waals surface area contributed by atoms with Crippen LogP contribution in [0.25, 0.3) is 0 Å². The lowest BCUT2D eigenvalue weighted by Crippen LogP contribution is -2.48. The summed E-state index contributed by atoms with van der Waals surface area (Å²) in [7, 11) is -1.55. The van der Waals surface area contributed by atoms with Gasteiger partial charge in [0.15, 0.2) is 0 Å². The van der Waals surface area contributed by atoms with Gasteiger partial charge in [-0.2, -0.15) is 4.31 Å². The second-order valence-corrected chi connectivity index (χ2v) is 9.07. The van der Waals surface area contributed by atoms with E-state index in [-0.39, 0.29) is 0 Å². The quantitative estimate of drug-likeness (QED) is 0.809. The van der Waals surface area contributed by atoms with Gasteiger partial charge in [-0.25, -0.2) is 8.42 Å². The van der Waals surface area contributed by atoms with Gasteiger partial charge in [-0.15, -0.1) is 0 Å². The zero-order valence-corrected chi connectivity index (χ0v) is 16.6. The van der Waals surface area contributed by atoms with Crippen molar-refractivity contribution in [3.05, 3.63) is 48.0 Å². The van der Waals surface area contributed by atoms with Crippen molar-refractivity contribution in [2.24, 2.45) is 0 Å². The second kappa shape index (κ2) is 7.05. The first-order valence-corrected chi connectivity index (χ1v) is 10.7. The van der Waals surface area contributed by atoms with Crippen molar-refractivity contribution < 1.29 is 13.2 Å². The lowest BCUT2D eigenvalue weighted by atomic mass is 10.2. The molecular weight excluding hydrogens is 362 g/mol. The van der Waals surface area contributed by atoms with E-state index in [9.17, 15) is 8.42 Å². The van der Waals surface area contributed by atoms with Gasteiger partial charge in [0.1, 0.15) is 12.4 Å². The Kier molecular flexibility index (Phi) is 4.74. The number of rotatable bonds is 3. The molecule has 144 valence electrons. The van der Waals surface area contributed by atoms with E-state index in [2.05, 4.69) is 30.0 Å². The molecule has 27 heavy (non-hydrogen) atoms. The first-order valence-electron chi connectivity index (χ1n) is 9.25. The fraction of sp³-hybridized carbons (Fsp3) is 0.400. The van der Waals surface area contributed by atoms with E-state index in [1.807, 2.05) is 18.0 Å². The minimum Gasteiger partial charge on any atom is -0.490 e. The summed E-state index contributed by atoms with van der Waals surface area (Å²) in [4.78, 5) is 4.61. The molecule has 0 unspecified atom stereocenters. The number of benzene rings is 2. The Labute approximate surface area is 161 Å². The van der Waals surface area contributed by atoms with Crippen LogP contribution >= 0.6 is 0 Å². The van der Waals surface area contributed by atoms with Crippen molar-refractivity contribution >= 4 is 21.4 Å². The smallest absolute Gasteiger partial charge is 0.243 e. The number of hydrogen-bond donors (Lipinski definition) is 0. The maximum absolute atomic E-state index is 13.1. The molecule has 7 heteroatoms. The van der Waals surface area contributed by atoms with E-state index < -0.39 is 10.0 Å². The molecule has 4 rings (SSSR count). The summed E-state index contributed by atoms with van der Waals surface area (Å²) in [5, 5.41) is 0. The van der Waals surface area contributed by atoms with Crippen LogP contribution in [-0.2, 0) is 10.0 Å². The molecule has 2 aromatic rings. The zero-order chi connectivity index (χ0) is 19.0. The van der Waals surface area contributed by atoms with Crippen LogP contribution in [0.3, 0.4) is 0 Å². The highest BCUT2D eigenvalue weighted by atomic mass is 32.2. The van der Waals surface area contributed by atoms with Crippen LogP contribution in [-0.4, -0.2) is 59.1 Å². The molecule has 0 N–H and O–H groups in total. The largest absolute Gasteiger partial charge is 0.490 e. The number of hydrogen-bond acceptors (Lipinski definition) is 5. The molecule has 2 aliphatic rings. The van der Waals surface area contributed by atoms with Gasteiger partial charge in [-0.3, -0.25) is 0 Å². The molecule has 2 aromatic carbocycles. The van der Waals surface area contributed by atoms with Crippen molar-refractivity contribution in [3.8, 4) is 5.75 Å². The van der Waals surface area contributed by atoms with Gasteiger partial charge >= 0.3 is 0 Å². The van der Waals surface area contributed by atoms with Crippen molar-refractivity contribution in [2.75, 3.05) is 56.2 Å². The van der Waals surface area contributed by atoms with Crippen molar-refractivity contribution in [3.63, 3.8) is 0 Å². The predicted molar refractivity (Wildman–Crippen MR) is 107 cm³/mol. The first kappa shape index (κ1) is 18.1. The minimum absolute atomic E-state index is 0.336. The number of sulfonamides is 1. The SMILES string of the molecule is Cc1cccc(N2CCN(S(=O)(=O)c3ccc4c(c3)N(C)CCO4)CC2)c1. The van der Waals surface area contributed by atoms with Gasteiger partial charge in [0.25, 0.3) is 0 Å². The maximum Gasteiger partial charge on any atom is 0.243 e. The normalized spacial score (nSPS) is 18.1. The Morgan fingerprint density at radius 2 is 1.74 bits per heavy atom. The summed E-state index contributed by atoms with van der Waals surface area (Å²) in [6.45, 7) is 5.80. The highest BCUT2D eigenvalue weighted by Gasteiger charge is 2.30. The molecule has 0 amide bonds. The van der Waals surface area contributed by atoms with Crippen LogP contribution in [0.4, 0.5) is 11.4 Å². The Morgan fingerprint density at radius 3 is 2.48 bits per heavy atom. The fourth-order valence-electron chi connectivity index (χ4n) is 3.65. The third-order valence-electron chi connectivity index (χ3n) is 5.27. The predicted octanol–water partition coefficient (Wildman–Crippen LogP) is 2.33. The molecule has 1 saturated heterocycles. The molecular formula is C20H25N3O3S. The zero-order valence-electron chi connectivity index (χ0n) is 15.8. The molecule has 2 heterocycles. The topological polar surface area (TPSA) is 53.1 Å². The third-order valence-corrected chi connectivity index (χ3v) is 7.16. The molecule has 0 atom stereocenters. The minimum atomic E-state index is -3.51. The summed E-state index contributed by atoms with van der Waals surface area (Å²) >= 11 is 0. The first-order chi connectivity index (χ1) is 12.9. The van der Waals surface area contributed by atoms with Crippen LogP contribution in [0, 0.1) is 6.92 Å². The van der Waals surface area contributed by atoms with Crippen LogP contribution in [0.5, 0.6) is 5.75 Å². The summed E-state index contributed by atoms with van der Waals surface area (Å²) in [5.41, 5.74) is 3.20. The number of nitrogens with zero attached hydrogens (tertiary/aromatic N) is 3. The highest BCUT2D eigenvalue weighted by Crippen LogP contribution is 2.34. The molecule has 6 nitrogen and oxygen atoms in total. The molecule has 0 spiro atoms. The van der Waals surface area contributed by atoms with Gasteiger partial charge in [0.05, 0.1) is 17.1 Å².